The Bertz CT molecular complexity index is 422. The van der Waals surface area contributed by atoms with Gasteiger partial charge in [0.2, 0.25) is 0 Å². The Balaban J connectivity index is 0.000000277. The number of piperidine rings is 1. The lowest BCUT2D eigenvalue weighted by molar-refractivity contribution is 0.282. The second-order valence-corrected chi connectivity index (χ2v) is 8.91. The van der Waals surface area contributed by atoms with Crippen LogP contribution in [0.25, 0.3) is 0 Å². The molecule has 1 atom stereocenters. The van der Waals surface area contributed by atoms with Gasteiger partial charge in [-0.2, -0.15) is 0 Å². The van der Waals surface area contributed by atoms with Gasteiger partial charge in [-0.1, -0.05) is 38.0 Å². The van der Waals surface area contributed by atoms with Crippen molar-refractivity contribution in [2.24, 2.45) is 5.92 Å². The van der Waals surface area contributed by atoms with E-state index in [2.05, 4.69) is 76.0 Å². The second kappa shape index (κ2) is 11.9. The van der Waals surface area contributed by atoms with Gasteiger partial charge < -0.3 is 9.80 Å². The number of benzene rings is 1. The molecule has 2 nitrogen and oxygen atoms in total. The minimum absolute atomic E-state index is 0.823. The van der Waals surface area contributed by atoms with E-state index in [-0.39, 0.29) is 0 Å². The summed E-state index contributed by atoms with van der Waals surface area (Å²) in [6, 6.07) is 8.91. The van der Waals surface area contributed by atoms with Crippen LogP contribution in [0.4, 0.5) is 0 Å². The molecule has 1 aliphatic rings. The molecule has 0 radical (unpaired) electrons. The summed E-state index contributed by atoms with van der Waals surface area (Å²) in [7, 11) is 6.47. The number of nitrogens with zero attached hydrogens (tertiary/aromatic N) is 2. The Morgan fingerprint density at radius 2 is 1.75 bits per heavy atom. The van der Waals surface area contributed by atoms with Crippen LogP contribution in [0.2, 0.25) is 0 Å². The van der Waals surface area contributed by atoms with Crippen molar-refractivity contribution in [3.8, 4) is 0 Å². The molecule has 0 N–H and O–H groups in total. The molecule has 1 heterocycles. The summed E-state index contributed by atoms with van der Waals surface area (Å²) >= 11 is 2.05. The Morgan fingerprint density at radius 3 is 2.25 bits per heavy atom. The van der Waals surface area contributed by atoms with E-state index in [1.165, 1.54) is 55.8 Å². The average Bonchev–Trinajstić information content (AvgIpc) is 2.57. The first kappa shape index (κ1) is 21.5. The van der Waals surface area contributed by atoms with Crippen LogP contribution in [0.15, 0.2) is 29.2 Å². The molecule has 1 aromatic rings. The SMILES string of the molecule is CCC(C)CCN(C)C.Cc1ccc(SC2CCN(C)CC2)cc1. The van der Waals surface area contributed by atoms with Gasteiger partial charge in [0.05, 0.1) is 0 Å². The molecule has 1 unspecified atom stereocenters. The highest BCUT2D eigenvalue weighted by molar-refractivity contribution is 8.00. The predicted octanol–water partition coefficient (Wildman–Crippen LogP) is 5.17. The quantitative estimate of drug-likeness (QED) is 0.699. The van der Waals surface area contributed by atoms with Gasteiger partial charge in [0.25, 0.3) is 0 Å². The molecule has 0 amide bonds. The normalized spacial score (nSPS) is 17.5. The third-order valence-electron chi connectivity index (χ3n) is 4.76. The van der Waals surface area contributed by atoms with Gasteiger partial charge >= 0.3 is 0 Å². The molecule has 0 aliphatic carbocycles. The number of likely N-dealkylation sites (tertiary alicyclic amines) is 1. The van der Waals surface area contributed by atoms with E-state index in [0.717, 1.165) is 11.2 Å². The predicted molar refractivity (Wildman–Crippen MR) is 110 cm³/mol. The molecule has 1 aromatic carbocycles. The van der Waals surface area contributed by atoms with Crippen LogP contribution >= 0.6 is 11.8 Å². The van der Waals surface area contributed by atoms with Gasteiger partial charge in [-0.05, 0) is 85.0 Å². The van der Waals surface area contributed by atoms with E-state index in [4.69, 9.17) is 0 Å². The molecule has 0 saturated carbocycles. The molecule has 1 fully saturated rings. The number of rotatable bonds is 6. The minimum Gasteiger partial charge on any atom is -0.309 e. The van der Waals surface area contributed by atoms with Crippen LogP contribution in [0, 0.1) is 12.8 Å². The Morgan fingerprint density at radius 1 is 1.17 bits per heavy atom. The van der Waals surface area contributed by atoms with E-state index < -0.39 is 0 Å². The summed E-state index contributed by atoms with van der Waals surface area (Å²) in [5, 5.41) is 0.823. The van der Waals surface area contributed by atoms with Gasteiger partial charge in [0, 0.05) is 10.1 Å². The van der Waals surface area contributed by atoms with Gasteiger partial charge in [-0.15, -0.1) is 11.8 Å². The number of hydrogen-bond acceptors (Lipinski definition) is 3. The van der Waals surface area contributed by atoms with Crippen molar-refractivity contribution in [1.82, 2.24) is 9.80 Å². The average molecular weight is 351 g/mol. The van der Waals surface area contributed by atoms with Crippen LogP contribution in [-0.2, 0) is 0 Å². The largest absolute Gasteiger partial charge is 0.309 e. The van der Waals surface area contributed by atoms with E-state index in [9.17, 15) is 0 Å². The van der Waals surface area contributed by atoms with Gasteiger partial charge in [-0.3, -0.25) is 0 Å². The maximum absolute atomic E-state index is 2.42. The standard InChI is InChI=1S/C13H19NS.C8H19N/c1-11-3-5-12(6-4-11)15-13-7-9-14(2)10-8-13;1-5-8(2)6-7-9(3)4/h3-6,13H,7-10H2,1-2H3;8H,5-7H2,1-4H3. The van der Waals surface area contributed by atoms with E-state index in [0.29, 0.717) is 0 Å². The third-order valence-corrected chi connectivity index (χ3v) is 6.10. The van der Waals surface area contributed by atoms with Crippen molar-refractivity contribution >= 4 is 11.8 Å². The lowest BCUT2D eigenvalue weighted by Gasteiger charge is -2.28. The zero-order valence-electron chi connectivity index (χ0n) is 16.7. The molecule has 3 heteroatoms. The Kier molecular flexibility index (Phi) is 10.7. The maximum atomic E-state index is 2.42. The molecule has 0 aromatic heterocycles. The number of aryl methyl sites for hydroxylation is 1. The van der Waals surface area contributed by atoms with Gasteiger partial charge in [0.1, 0.15) is 0 Å². The molecular weight excluding hydrogens is 312 g/mol. The van der Waals surface area contributed by atoms with E-state index in [1.807, 2.05) is 11.8 Å². The molecular formula is C21H38N2S. The Hall–Kier alpha value is -0.510. The van der Waals surface area contributed by atoms with Gasteiger partial charge in [-0.25, -0.2) is 0 Å². The second-order valence-electron chi connectivity index (χ2n) is 7.54. The summed E-state index contributed by atoms with van der Waals surface area (Å²) in [4.78, 5) is 6.09. The summed E-state index contributed by atoms with van der Waals surface area (Å²) in [6.45, 7) is 10.4. The summed E-state index contributed by atoms with van der Waals surface area (Å²) < 4.78 is 0. The number of hydrogen-bond donors (Lipinski definition) is 0. The monoisotopic (exact) mass is 350 g/mol. The molecule has 0 spiro atoms. The first-order valence-corrected chi connectivity index (χ1v) is 10.3. The summed E-state index contributed by atoms with van der Waals surface area (Å²) in [5.74, 6) is 0.896. The number of thioether (sulfide) groups is 1. The molecule has 1 aliphatic heterocycles. The first-order valence-electron chi connectivity index (χ1n) is 9.47. The van der Waals surface area contributed by atoms with Crippen LogP contribution in [0.1, 0.15) is 45.1 Å². The van der Waals surface area contributed by atoms with Gasteiger partial charge in [0.15, 0.2) is 0 Å². The zero-order chi connectivity index (χ0) is 17.9. The van der Waals surface area contributed by atoms with Crippen LogP contribution < -0.4 is 0 Å². The lowest BCUT2D eigenvalue weighted by Crippen LogP contribution is -2.31. The third kappa shape index (κ3) is 9.71. The van der Waals surface area contributed by atoms with Crippen LogP contribution in [0.3, 0.4) is 0 Å². The van der Waals surface area contributed by atoms with Crippen molar-refractivity contribution in [2.75, 3.05) is 40.8 Å². The van der Waals surface area contributed by atoms with Crippen molar-refractivity contribution in [3.63, 3.8) is 0 Å². The van der Waals surface area contributed by atoms with Crippen molar-refractivity contribution in [2.45, 2.75) is 56.6 Å². The first-order chi connectivity index (χ1) is 11.4. The van der Waals surface area contributed by atoms with Crippen molar-refractivity contribution < 1.29 is 0 Å². The van der Waals surface area contributed by atoms with Crippen LogP contribution in [-0.4, -0.2) is 55.8 Å². The molecule has 2 rings (SSSR count). The highest BCUT2D eigenvalue weighted by atomic mass is 32.2. The van der Waals surface area contributed by atoms with Crippen LogP contribution in [0.5, 0.6) is 0 Å². The molecule has 24 heavy (non-hydrogen) atoms. The zero-order valence-corrected chi connectivity index (χ0v) is 17.5. The molecule has 0 bridgehead atoms. The fourth-order valence-electron chi connectivity index (χ4n) is 2.59. The fraction of sp³-hybridized carbons (Fsp3) is 0.714. The summed E-state index contributed by atoms with van der Waals surface area (Å²) in [6.07, 6.45) is 5.31. The fourth-order valence-corrected chi connectivity index (χ4v) is 3.72. The highest BCUT2D eigenvalue weighted by Crippen LogP contribution is 2.29. The smallest absolute Gasteiger partial charge is 0.0119 e. The maximum Gasteiger partial charge on any atom is 0.0119 e. The lowest BCUT2D eigenvalue weighted by atomic mass is 10.1. The molecule has 1 saturated heterocycles. The van der Waals surface area contributed by atoms with E-state index in [1.54, 1.807) is 0 Å². The van der Waals surface area contributed by atoms with Crippen molar-refractivity contribution in [1.29, 1.82) is 0 Å². The topological polar surface area (TPSA) is 6.48 Å². The highest BCUT2D eigenvalue weighted by Gasteiger charge is 2.17. The van der Waals surface area contributed by atoms with E-state index >= 15 is 0 Å². The summed E-state index contributed by atoms with van der Waals surface area (Å²) in [5.41, 5.74) is 1.35. The molecule has 138 valence electrons. The Labute approximate surface area is 155 Å². The minimum atomic E-state index is 0.823. The van der Waals surface area contributed by atoms with Crippen molar-refractivity contribution in [3.05, 3.63) is 29.8 Å².